The first-order valence-electron chi connectivity index (χ1n) is 14.1. The average molecular weight is 538 g/mol. The van der Waals surface area contributed by atoms with Crippen molar-refractivity contribution in [2.45, 2.75) is 0 Å². The minimum Gasteiger partial charge on any atom is -0.455 e. The number of rotatable bonds is 3. The zero-order valence-corrected chi connectivity index (χ0v) is 22.5. The zero-order chi connectivity index (χ0) is 27.6. The minimum absolute atomic E-state index is 0.856. The third kappa shape index (κ3) is 3.36. The van der Waals surface area contributed by atoms with Crippen molar-refractivity contribution in [2.75, 3.05) is 0 Å². The Morgan fingerprint density at radius 1 is 0.595 bits per heavy atom. The summed E-state index contributed by atoms with van der Waals surface area (Å²) in [7, 11) is 0. The monoisotopic (exact) mass is 537 g/mol. The lowest BCUT2D eigenvalue weighted by Gasteiger charge is -2.09. The molecule has 0 spiro atoms. The van der Waals surface area contributed by atoms with Crippen molar-refractivity contribution in [3.05, 3.63) is 140 Å². The molecule has 9 aromatic rings. The summed E-state index contributed by atoms with van der Waals surface area (Å²) in [4.78, 5) is 9.71. The number of imidazole rings is 1. The summed E-state index contributed by atoms with van der Waals surface area (Å²) in [6.45, 7) is 0. The van der Waals surface area contributed by atoms with E-state index >= 15 is 0 Å². The van der Waals surface area contributed by atoms with Crippen LogP contribution in [0.15, 0.2) is 144 Å². The van der Waals surface area contributed by atoms with Crippen LogP contribution in [0.25, 0.3) is 82.9 Å². The molecule has 0 aliphatic rings. The molecule has 42 heavy (non-hydrogen) atoms. The number of nitrogens with zero attached hydrogens (tertiary/aromatic N) is 3. The van der Waals surface area contributed by atoms with E-state index in [9.17, 15) is 0 Å². The summed E-state index contributed by atoms with van der Waals surface area (Å²) in [6, 6.07) is 44.4. The van der Waals surface area contributed by atoms with E-state index in [2.05, 4.69) is 113 Å². The van der Waals surface area contributed by atoms with E-state index in [1.54, 1.807) is 0 Å². The van der Waals surface area contributed by atoms with Gasteiger partial charge in [-0.25, -0.2) is 4.98 Å². The number of fused-ring (bicyclic) bond motifs is 8. The Kier molecular flexibility index (Phi) is 4.87. The summed E-state index contributed by atoms with van der Waals surface area (Å²) in [5.74, 6) is 0.876. The maximum atomic E-state index is 6.70. The lowest BCUT2D eigenvalue weighted by Crippen LogP contribution is -1.89. The molecule has 4 heterocycles. The second kappa shape index (κ2) is 8.88. The Balaban J connectivity index is 1.32. The summed E-state index contributed by atoms with van der Waals surface area (Å²) in [6.07, 6.45) is 3.88. The highest BCUT2D eigenvalue weighted by molar-refractivity contribution is 6.28. The molecule has 0 radical (unpaired) electrons. The molecule has 4 nitrogen and oxygen atoms in total. The first-order chi connectivity index (χ1) is 20.8. The molecule has 0 bridgehead atoms. The van der Waals surface area contributed by atoms with Crippen molar-refractivity contribution in [3.63, 3.8) is 0 Å². The zero-order valence-electron chi connectivity index (χ0n) is 22.5. The van der Waals surface area contributed by atoms with Gasteiger partial charge in [-0.15, -0.1) is 0 Å². The molecule has 9 rings (SSSR count). The Labute approximate surface area is 241 Å². The van der Waals surface area contributed by atoms with Crippen LogP contribution in [0, 0.1) is 0 Å². The molecule has 0 atom stereocenters. The van der Waals surface area contributed by atoms with Crippen molar-refractivity contribution < 1.29 is 4.42 Å². The van der Waals surface area contributed by atoms with E-state index in [4.69, 9.17) is 9.40 Å². The van der Waals surface area contributed by atoms with Crippen molar-refractivity contribution in [3.8, 4) is 33.9 Å². The van der Waals surface area contributed by atoms with Crippen LogP contribution in [0.3, 0.4) is 0 Å². The van der Waals surface area contributed by atoms with E-state index in [1.807, 2.05) is 36.5 Å². The lowest BCUT2D eigenvalue weighted by molar-refractivity contribution is 0.670. The molecule has 5 aromatic carbocycles. The van der Waals surface area contributed by atoms with E-state index in [-0.39, 0.29) is 0 Å². The fraction of sp³-hybridized carbons (Fsp3) is 0. The number of hydrogen-bond donors (Lipinski definition) is 0. The van der Waals surface area contributed by atoms with Gasteiger partial charge in [-0.05, 0) is 69.6 Å². The predicted octanol–water partition coefficient (Wildman–Crippen LogP) is 9.94. The predicted molar refractivity (Wildman–Crippen MR) is 172 cm³/mol. The number of furan rings is 1. The van der Waals surface area contributed by atoms with E-state index in [0.717, 1.165) is 61.4 Å². The van der Waals surface area contributed by atoms with Gasteiger partial charge >= 0.3 is 0 Å². The number of hydrogen-bond acceptors (Lipinski definition) is 3. The van der Waals surface area contributed by atoms with Gasteiger partial charge in [0.2, 0.25) is 0 Å². The quantitative estimate of drug-likeness (QED) is 0.225. The molecule has 0 amide bonds. The van der Waals surface area contributed by atoms with Gasteiger partial charge in [0.05, 0.1) is 11.2 Å². The number of aromatic nitrogens is 3. The second-order valence-electron chi connectivity index (χ2n) is 10.6. The Morgan fingerprint density at radius 2 is 1.38 bits per heavy atom. The van der Waals surface area contributed by atoms with Crippen LogP contribution in [0.2, 0.25) is 0 Å². The summed E-state index contributed by atoms with van der Waals surface area (Å²) in [5, 5.41) is 7.11. The maximum Gasteiger partial charge on any atom is 0.145 e. The van der Waals surface area contributed by atoms with Crippen LogP contribution in [0.4, 0.5) is 0 Å². The molecule has 0 N–H and O–H groups in total. The number of pyridine rings is 2. The van der Waals surface area contributed by atoms with E-state index in [0.29, 0.717) is 0 Å². The van der Waals surface area contributed by atoms with Crippen molar-refractivity contribution in [1.82, 2.24) is 14.4 Å². The smallest absolute Gasteiger partial charge is 0.145 e. The Bertz CT molecular complexity index is 2470. The molecular formula is C38H23N3O. The van der Waals surface area contributed by atoms with Gasteiger partial charge in [-0.3, -0.25) is 9.38 Å². The molecule has 0 saturated heterocycles. The first-order valence-corrected chi connectivity index (χ1v) is 14.1. The van der Waals surface area contributed by atoms with E-state index < -0.39 is 0 Å². The molecule has 0 saturated carbocycles. The number of benzene rings is 5. The standard InChI is InChI=1S/C38H23N3O/c1-3-14-28-24(10-1)18-19-33-34(28)35-29-15-4-2-11-26(29)23-30(37(35)42-33)25-12-9-13-27(22-25)38-40-36(31-16-5-7-20-39-31)32-17-6-8-21-41(32)38/h1-23H. The molecule has 0 aliphatic carbocycles. The van der Waals surface area contributed by atoms with Crippen LogP contribution >= 0.6 is 0 Å². The largest absolute Gasteiger partial charge is 0.455 e. The van der Waals surface area contributed by atoms with Gasteiger partial charge in [-0.2, -0.15) is 0 Å². The normalized spacial score (nSPS) is 11.8. The fourth-order valence-corrected chi connectivity index (χ4v) is 6.36. The third-order valence-corrected chi connectivity index (χ3v) is 8.24. The first kappa shape index (κ1) is 23.0. The van der Waals surface area contributed by atoms with Crippen molar-refractivity contribution >= 4 is 49.0 Å². The van der Waals surface area contributed by atoms with Gasteiger partial charge in [0.1, 0.15) is 22.7 Å². The lowest BCUT2D eigenvalue weighted by atomic mass is 9.94. The summed E-state index contributed by atoms with van der Waals surface area (Å²) >= 11 is 0. The highest BCUT2D eigenvalue weighted by Crippen LogP contribution is 2.44. The molecular weight excluding hydrogens is 514 g/mol. The van der Waals surface area contributed by atoms with Gasteiger partial charge in [0, 0.05) is 34.3 Å². The van der Waals surface area contributed by atoms with Crippen molar-refractivity contribution in [2.24, 2.45) is 0 Å². The van der Waals surface area contributed by atoms with Gasteiger partial charge < -0.3 is 4.42 Å². The highest BCUT2D eigenvalue weighted by Gasteiger charge is 2.20. The SMILES string of the molecule is c1ccc(-c2nc(-c3cccc(-c4cc5ccccc5c5c4oc4ccc6ccccc6c45)c3)n3ccccc23)nc1. The van der Waals surface area contributed by atoms with E-state index in [1.165, 1.54) is 21.5 Å². The highest BCUT2D eigenvalue weighted by atomic mass is 16.3. The average Bonchev–Trinajstić information content (AvgIpc) is 3.65. The molecule has 0 aliphatic heterocycles. The molecule has 0 unspecified atom stereocenters. The summed E-state index contributed by atoms with van der Waals surface area (Å²) in [5.41, 5.74) is 7.72. The topological polar surface area (TPSA) is 43.3 Å². The molecule has 0 fully saturated rings. The Hall–Kier alpha value is -5.74. The van der Waals surface area contributed by atoms with Crippen molar-refractivity contribution in [1.29, 1.82) is 0 Å². The van der Waals surface area contributed by atoms with Crippen LogP contribution in [0.5, 0.6) is 0 Å². The minimum atomic E-state index is 0.856. The summed E-state index contributed by atoms with van der Waals surface area (Å²) < 4.78 is 8.85. The van der Waals surface area contributed by atoms with Crippen LogP contribution in [-0.2, 0) is 0 Å². The van der Waals surface area contributed by atoms with Crippen LogP contribution in [0.1, 0.15) is 0 Å². The Morgan fingerprint density at radius 3 is 2.26 bits per heavy atom. The van der Waals surface area contributed by atoms with Gasteiger partial charge in [-0.1, -0.05) is 84.9 Å². The van der Waals surface area contributed by atoms with Gasteiger partial charge in [0.15, 0.2) is 0 Å². The fourth-order valence-electron chi connectivity index (χ4n) is 6.36. The van der Waals surface area contributed by atoms with Crippen LogP contribution in [-0.4, -0.2) is 14.4 Å². The van der Waals surface area contributed by atoms with Gasteiger partial charge in [0.25, 0.3) is 0 Å². The molecule has 196 valence electrons. The molecule has 4 aromatic heterocycles. The second-order valence-corrected chi connectivity index (χ2v) is 10.6. The third-order valence-electron chi connectivity index (χ3n) is 8.24. The molecule has 4 heteroatoms. The van der Waals surface area contributed by atoms with Crippen LogP contribution < -0.4 is 0 Å². The maximum absolute atomic E-state index is 6.70.